The van der Waals surface area contributed by atoms with Crippen molar-refractivity contribution < 1.29 is 19.2 Å². The number of hydrogen-bond donors (Lipinski definition) is 1. The zero-order valence-corrected chi connectivity index (χ0v) is 29.4. The lowest BCUT2D eigenvalue weighted by Gasteiger charge is -2.28. The number of nitrogens with one attached hydrogen (secondary N) is 1. The Hall–Kier alpha value is -7.28. The predicted octanol–water partition coefficient (Wildman–Crippen LogP) is 6.95. The number of carbonyl (C=O) groups excluding carboxylic acids is 2. The van der Waals surface area contributed by atoms with Crippen molar-refractivity contribution in [2.24, 2.45) is 0 Å². The van der Waals surface area contributed by atoms with E-state index in [0.29, 0.717) is 52.5 Å². The standard InChI is InChI=1S/C42H33N7O6/c50-37(26-55-31-18-15-28(16-19-31)39(51)33-24-29-12-9-21-43-40(29)45-38(33)27-10-3-1-4-11-27)46-48-41(44-34-14-6-5-13-32(34)42(48)52)30-17-20-35(36(25-30)49(53)54)47-22-7-2-8-23-47/h1,3-6,9-21,24-25H,2,7-8,22-23,26H2,(H,46,50). The van der Waals surface area contributed by atoms with Crippen LogP contribution in [0.4, 0.5) is 11.4 Å². The first-order chi connectivity index (χ1) is 26.8. The van der Waals surface area contributed by atoms with Gasteiger partial charge in [0.1, 0.15) is 11.4 Å². The van der Waals surface area contributed by atoms with Crippen molar-refractivity contribution in [2.45, 2.75) is 19.3 Å². The number of piperidine rings is 1. The average Bonchev–Trinajstić information content (AvgIpc) is 3.23. The number of nitrogens with zero attached hydrogens (tertiary/aromatic N) is 6. The van der Waals surface area contributed by atoms with E-state index >= 15 is 0 Å². The Morgan fingerprint density at radius 1 is 0.818 bits per heavy atom. The van der Waals surface area contributed by atoms with E-state index in [-0.39, 0.29) is 28.2 Å². The van der Waals surface area contributed by atoms with Crippen LogP contribution in [0.1, 0.15) is 35.2 Å². The van der Waals surface area contributed by atoms with E-state index in [4.69, 9.17) is 9.72 Å². The molecule has 1 aliphatic heterocycles. The number of fused-ring (bicyclic) bond motifs is 2. The highest BCUT2D eigenvalue weighted by Crippen LogP contribution is 2.34. The summed E-state index contributed by atoms with van der Waals surface area (Å²) in [5.41, 5.74) is 5.68. The van der Waals surface area contributed by atoms with Crippen LogP contribution in [0.15, 0.2) is 126 Å². The van der Waals surface area contributed by atoms with Crippen LogP contribution in [-0.4, -0.2) is 55.9 Å². The summed E-state index contributed by atoms with van der Waals surface area (Å²) < 4.78 is 6.76. The zero-order chi connectivity index (χ0) is 37.9. The van der Waals surface area contributed by atoms with Crippen LogP contribution >= 0.6 is 0 Å². The van der Waals surface area contributed by atoms with Gasteiger partial charge >= 0.3 is 0 Å². The Morgan fingerprint density at radius 2 is 1.58 bits per heavy atom. The van der Waals surface area contributed by atoms with Gasteiger partial charge in [0.25, 0.3) is 17.2 Å². The second-order valence-electron chi connectivity index (χ2n) is 13.1. The van der Waals surface area contributed by atoms with Gasteiger partial charge in [0.15, 0.2) is 23.9 Å². The summed E-state index contributed by atoms with van der Waals surface area (Å²) in [4.78, 5) is 68.4. The van der Waals surface area contributed by atoms with Gasteiger partial charge in [0, 0.05) is 53.0 Å². The van der Waals surface area contributed by atoms with Gasteiger partial charge in [-0.05, 0) is 86.0 Å². The summed E-state index contributed by atoms with van der Waals surface area (Å²) in [6.07, 6.45) is 4.61. The highest BCUT2D eigenvalue weighted by Gasteiger charge is 2.25. The Kier molecular flexibility index (Phi) is 9.48. The molecule has 0 aliphatic carbocycles. The lowest BCUT2D eigenvalue weighted by molar-refractivity contribution is -0.384. The molecule has 4 heterocycles. The maximum absolute atomic E-state index is 13.9. The number of anilines is 1. The molecule has 0 unspecified atom stereocenters. The summed E-state index contributed by atoms with van der Waals surface area (Å²) >= 11 is 0. The van der Waals surface area contributed by atoms with E-state index < -0.39 is 23.0 Å². The van der Waals surface area contributed by atoms with Crippen LogP contribution in [0.25, 0.3) is 44.6 Å². The minimum Gasteiger partial charge on any atom is -0.484 e. The van der Waals surface area contributed by atoms with E-state index in [1.165, 1.54) is 6.07 Å². The molecule has 1 amide bonds. The molecule has 1 aliphatic rings. The summed E-state index contributed by atoms with van der Waals surface area (Å²) in [5, 5.41) is 13.2. The molecule has 0 radical (unpaired) electrons. The van der Waals surface area contributed by atoms with E-state index in [0.717, 1.165) is 34.9 Å². The topological polar surface area (TPSA) is 162 Å². The molecule has 1 fully saturated rings. The number of carbonyl (C=O) groups is 2. The first-order valence-electron chi connectivity index (χ1n) is 17.8. The normalized spacial score (nSPS) is 12.8. The van der Waals surface area contributed by atoms with Crippen molar-refractivity contribution in [2.75, 3.05) is 30.0 Å². The molecule has 13 nitrogen and oxygen atoms in total. The number of benzene rings is 4. The maximum Gasteiger partial charge on any atom is 0.293 e. The van der Waals surface area contributed by atoms with E-state index in [9.17, 15) is 24.5 Å². The number of nitro benzene ring substituents is 1. The van der Waals surface area contributed by atoms with Crippen LogP contribution in [0.2, 0.25) is 0 Å². The number of ether oxygens (including phenoxy) is 1. The van der Waals surface area contributed by atoms with Gasteiger partial charge in [-0.3, -0.25) is 29.9 Å². The molecule has 0 saturated carbocycles. The first-order valence-corrected chi connectivity index (χ1v) is 17.8. The van der Waals surface area contributed by atoms with E-state index in [1.807, 2.05) is 41.3 Å². The molecule has 7 aromatic rings. The van der Waals surface area contributed by atoms with Gasteiger partial charge in [-0.1, -0.05) is 42.5 Å². The number of para-hydroxylation sites is 1. The predicted molar refractivity (Wildman–Crippen MR) is 209 cm³/mol. The van der Waals surface area contributed by atoms with Crippen LogP contribution in [0.5, 0.6) is 5.75 Å². The largest absolute Gasteiger partial charge is 0.484 e. The van der Waals surface area contributed by atoms with Crippen LogP contribution in [0.3, 0.4) is 0 Å². The second-order valence-corrected chi connectivity index (χ2v) is 13.1. The average molecular weight is 732 g/mol. The van der Waals surface area contributed by atoms with Crippen molar-refractivity contribution in [1.82, 2.24) is 19.6 Å². The fraction of sp³-hybridized carbons (Fsp3) is 0.143. The van der Waals surface area contributed by atoms with Gasteiger partial charge in [-0.15, -0.1) is 0 Å². The summed E-state index contributed by atoms with van der Waals surface area (Å²) in [6.45, 7) is 0.937. The minimum atomic E-state index is -0.677. The van der Waals surface area contributed by atoms with Gasteiger partial charge < -0.3 is 9.64 Å². The molecule has 0 spiro atoms. The molecule has 4 aromatic carbocycles. The third-order valence-corrected chi connectivity index (χ3v) is 9.51. The molecule has 55 heavy (non-hydrogen) atoms. The fourth-order valence-electron chi connectivity index (χ4n) is 6.80. The molecule has 0 bridgehead atoms. The van der Waals surface area contributed by atoms with Gasteiger partial charge in [-0.2, -0.15) is 4.68 Å². The number of hydrogen-bond acceptors (Lipinski definition) is 10. The quantitative estimate of drug-likeness (QED) is 0.0885. The molecule has 1 N–H and O–H groups in total. The number of aromatic nitrogens is 4. The van der Waals surface area contributed by atoms with Gasteiger partial charge in [0.05, 0.1) is 21.5 Å². The van der Waals surface area contributed by atoms with E-state index in [1.54, 1.807) is 79.0 Å². The number of nitro groups is 1. The Labute approximate surface area is 314 Å². The summed E-state index contributed by atoms with van der Waals surface area (Å²) in [7, 11) is 0. The third-order valence-electron chi connectivity index (χ3n) is 9.51. The van der Waals surface area contributed by atoms with Crippen molar-refractivity contribution >= 4 is 45.0 Å². The van der Waals surface area contributed by atoms with Crippen molar-refractivity contribution in [3.63, 3.8) is 0 Å². The number of ketones is 1. The second kappa shape index (κ2) is 15.0. The summed E-state index contributed by atoms with van der Waals surface area (Å²) in [6, 6.07) is 32.6. The molecule has 8 rings (SSSR count). The van der Waals surface area contributed by atoms with Crippen molar-refractivity contribution in [1.29, 1.82) is 0 Å². The van der Waals surface area contributed by atoms with Gasteiger partial charge in [-0.25, -0.2) is 15.0 Å². The zero-order valence-electron chi connectivity index (χ0n) is 29.4. The lowest BCUT2D eigenvalue weighted by atomic mass is 9.97. The SMILES string of the molecule is O=C(COc1ccc(C(=O)c2cc3cccnc3nc2-c2ccccc2)cc1)Nn1c(-c2ccc(N3CCCCC3)c([N+](=O)[O-])c2)nc2ccccc2c1=O. The molecule has 13 heteroatoms. The fourth-order valence-corrected chi connectivity index (χ4v) is 6.80. The summed E-state index contributed by atoms with van der Waals surface area (Å²) in [5.74, 6) is -0.587. The minimum absolute atomic E-state index is 0.0297. The third kappa shape index (κ3) is 7.10. The molecule has 0 atom stereocenters. The number of pyridine rings is 2. The highest BCUT2D eigenvalue weighted by molar-refractivity contribution is 6.13. The van der Waals surface area contributed by atoms with Gasteiger partial charge in [0.2, 0.25) is 0 Å². The monoisotopic (exact) mass is 731 g/mol. The Morgan fingerprint density at radius 3 is 2.36 bits per heavy atom. The Bertz CT molecular complexity index is 2660. The number of amides is 1. The molecular weight excluding hydrogens is 699 g/mol. The first kappa shape index (κ1) is 34.8. The van der Waals surface area contributed by atoms with Crippen LogP contribution in [-0.2, 0) is 4.79 Å². The lowest BCUT2D eigenvalue weighted by Crippen LogP contribution is -2.37. The molecular formula is C42H33N7O6. The van der Waals surface area contributed by atoms with Crippen LogP contribution < -0.4 is 20.6 Å². The maximum atomic E-state index is 13.9. The van der Waals surface area contributed by atoms with Crippen molar-refractivity contribution in [3.8, 4) is 28.4 Å². The molecule has 272 valence electrons. The smallest absolute Gasteiger partial charge is 0.293 e. The van der Waals surface area contributed by atoms with Crippen LogP contribution in [0, 0.1) is 10.1 Å². The number of rotatable bonds is 10. The molecule has 3 aromatic heterocycles. The van der Waals surface area contributed by atoms with E-state index in [2.05, 4.69) is 15.4 Å². The Balaban J connectivity index is 1.03. The molecule has 1 saturated heterocycles. The van der Waals surface area contributed by atoms with Crippen molar-refractivity contribution in [3.05, 3.63) is 153 Å². The highest BCUT2D eigenvalue weighted by atomic mass is 16.6.